The SMILES string of the molecule is Nc1ccc(CCOc2ccc(-c3cc(=O)c4c(O)c(OCc5cccc(O)c5)c(OC5OC(C(=O)O)C6(O)C(C7CNCN7)C=CC5(O)C6O)cc4o3)cc2)[nH]1. The third-order valence-electron chi connectivity index (χ3n) is 10.5. The maximum Gasteiger partial charge on any atom is 0.336 e. The molecule has 5 aromatic rings. The number of aromatic nitrogens is 1. The molecule has 0 spiro atoms. The first-order valence-electron chi connectivity index (χ1n) is 18.1. The van der Waals surface area contributed by atoms with Gasteiger partial charge in [-0.15, -0.1) is 0 Å². The van der Waals surface area contributed by atoms with Crippen LogP contribution in [0.15, 0.2) is 94.2 Å². The lowest BCUT2D eigenvalue weighted by Gasteiger charge is -2.56. The first-order valence-corrected chi connectivity index (χ1v) is 18.1. The molecule has 3 aliphatic rings. The molecule has 0 amide bonds. The first kappa shape index (κ1) is 37.8. The van der Waals surface area contributed by atoms with Gasteiger partial charge in [-0.1, -0.05) is 18.2 Å². The van der Waals surface area contributed by atoms with Crippen LogP contribution in [-0.2, 0) is 22.6 Å². The van der Waals surface area contributed by atoms with Crippen molar-refractivity contribution in [2.24, 2.45) is 5.92 Å². The molecule has 0 radical (unpaired) electrons. The van der Waals surface area contributed by atoms with E-state index in [0.29, 0.717) is 48.9 Å². The molecule has 2 fully saturated rings. The third kappa shape index (κ3) is 6.90. The van der Waals surface area contributed by atoms with Crippen LogP contribution < -0.4 is 36.0 Å². The van der Waals surface area contributed by atoms with E-state index in [4.69, 9.17) is 29.1 Å². The van der Waals surface area contributed by atoms with E-state index in [1.807, 2.05) is 6.07 Å². The molecule has 11 N–H and O–H groups in total. The normalized spacial score (nSPS) is 26.7. The molecule has 4 heterocycles. The van der Waals surface area contributed by atoms with Gasteiger partial charge in [0.15, 0.2) is 28.6 Å². The number of hydrogen-bond acceptors (Lipinski definition) is 15. The highest BCUT2D eigenvalue weighted by Gasteiger charge is 2.70. The van der Waals surface area contributed by atoms with Crippen LogP contribution in [0.4, 0.5) is 5.82 Å². The number of carboxylic acid groups (broad SMARTS) is 1. The molecule has 17 nitrogen and oxygen atoms in total. The second-order valence-corrected chi connectivity index (χ2v) is 14.2. The van der Waals surface area contributed by atoms with Crippen molar-refractivity contribution in [2.75, 3.05) is 25.6 Å². The number of nitrogen functional groups attached to an aromatic ring is 1. The second kappa shape index (κ2) is 14.8. The highest BCUT2D eigenvalue weighted by Crippen LogP contribution is 2.50. The van der Waals surface area contributed by atoms with E-state index in [0.717, 1.165) is 5.69 Å². The number of aliphatic hydroxyl groups excluding tert-OH is 1. The van der Waals surface area contributed by atoms with E-state index in [1.165, 1.54) is 36.4 Å². The molecule has 2 aromatic heterocycles. The van der Waals surface area contributed by atoms with Crippen molar-refractivity contribution in [1.29, 1.82) is 0 Å². The summed E-state index contributed by atoms with van der Waals surface area (Å²) < 4.78 is 29.8. The van der Waals surface area contributed by atoms with E-state index in [-0.39, 0.29) is 34.8 Å². The molecule has 1 aliphatic carbocycles. The van der Waals surface area contributed by atoms with Gasteiger partial charge in [-0.25, -0.2) is 4.79 Å². The zero-order valence-electron chi connectivity index (χ0n) is 30.1. The lowest BCUT2D eigenvalue weighted by molar-refractivity contribution is -0.342. The number of anilines is 1. The highest BCUT2D eigenvalue weighted by molar-refractivity contribution is 5.89. The lowest BCUT2D eigenvalue weighted by Crippen LogP contribution is -2.79. The Labute approximate surface area is 323 Å². The van der Waals surface area contributed by atoms with Crippen molar-refractivity contribution in [3.63, 3.8) is 0 Å². The quantitative estimate of drug-likeness (QED) is 0.0807. The molecule has 2 saturated heterocycles. The van der Waals surface area contributed by atoms with E-state index in [9.17, 15) is 40.2 Å². The van der Waals surface area contributed by atoms with Gasteiger partial charge in [0.2, 0.25) is 12.0 Å². The van der Waals surface area contributed by atoms with Gasteiger partial charge in [0.25, 0.3) is 0 Å². The zero-order valence-corrected chi connectivity index (χ0v) is 30.1. The Morgan fingerprint density at radius 3 is 2.53 bits per heavy atom. The lowest BCUT2D eigenvalue weighted by atomic mass is 9.63. The summed E-state index contributed by atoms with van der Waals surface area (Å²) in [6.07, 6.45) is -3.09. The van der Waals surface area contributed by atoms with Gasteiger partial charge in [0, 0.05) is 55.0 Å². The van der Waals surface area contributed by atoms with E-state index >= 15 is 0 Å². The zero-order chi connectivity index (χ0) is 40.1. The van der Waals surface area contributed by atoms with E-state index < -0.39 is 64.6 Å². The molecule has 57 heavy (non-hydrogen) atoms. The van der Waals surface area contributed by atoms with Gasteiger partial charge in [-0.3, -0.25) is 10.1 Å². The van der Waals surface area contributed by atoms with Crippen LogP contribution in [0.2, 0.25) is 0 Å². The average molecular weight is 785 g/mol. The van der Waals surface area contributed by atoms with Crippen LogP contribution in [0.3, 0.4) is 0 Å². The van der Waals surface area contributed by atoms with Gasteiger partial charge >= 0.3 is 5.97 Å². The fourth-order valence-corrected chi connectivity index (χ4v) is 7.66. The van der Waals surface area contributed by atoms with Crippen molar-refractivity contribution >= 4 is 22.8 Å². The molecule has 8 rings (SSSR count). The number of nitrogens with two attached hydrogens (primary N) is 1. The number of ether oxygens (including phenoxy) is 4. The second-order valence-electron chi connectivity index (χ2n) is 14.2. The molecule has 2 bridgehead atoms. The Hall–Kier alpha value is -6.08. The first-order chi connectivity index (χ1) is 27.3. The number of rotatable bonds is 12. The molecule has 2 aliphatic heterocycles. The minimum atomic E-state index is -2.53. The summed E-state index contributed by atoms with van der Waals surface area (Å²) in [7, 11) is 0. The third-order valence-corrected chi connectivity index (χ3v) is 10.5. The van der Waals surface area contributed by atoms with Gasteiger partial charge in [-0.05, 0) is 60.2 Å². The number of hydrogen-bond donors (Lipinski definition) is 10. The number of carboxylic acids is 1. The highest BCUT2D eigenvalue weighted by atomic mass is 16.7. The number of aliphatic carboxylic acids is 1. The van der Waals surface area contributed by atoms with Crippen LogP contribution >= 0.6 is 0 Å². The van der Waals surface area contributed by atoms with Gasteiger partial charge in [0.1, 0.15) is 52.4 Å². The summed E-state index contributed by atoms with van der Waals surface area (Å²) in [4.78, 5) is 29.3. The molecular formula is C40H40N4O13. The summed E-state index contributed by atoms with van der Waals surface area (Å²) in [5.74, 6) is -3.02. The largest absolute Gasteiger partial charge is 0.508 e. The number of phenolic OH excluding ortho intramolecular Hbond substituents is 2. The average Bonchev–Trinajstić information content (AvgIpc) is 3.86. The van der Waals surface area contributed by atoms with Crippen LogP contribution in [-0.4, -0.2) is 97.2 Å². The van der Waals surface area contributed by atoms with Crippen LogP contribution in [0.25, 0.3) is 22.3 Å². The van der Waals surface area contributed by atoms with Gasteiger partial charge in [0.05, 0.1) is 6.61 Å². The Balaban J connectivity index is 1.15. The Kier molecular flexibility index (Phi) is 9.80. The Morgan fingerprint density at radius 2 is 1.82 bits per heavy atom. The van der Waals surface area contributed by atoms with Crippen LogP contribution in [0.5, 0.6) is 28.7 Å². The Bertz CT molecular complexity index is 2390. The molecular weight excluding hydrogens is 744 g/mol. The fourth-order valence-electron chi connectivity index (χ4n) is 7.66. The Morgan fingerprint density at radius 1 is 1.02 bits per heavy atom. The van der Waals surface area contributed by atoms with Crippen molar-refractivity contribution in [2.45, 2.75) is 48.8 Å². The number of carbonyl (C=O) groups is 1. The molecule has 17 heteroatoms. The summed E-state index contributed by atoms with van der Waals surface area (Å²) in [6.45, 7) is 0.814. The van der Waals surface area contributed by atoms with Crippen molar-refractivity contribution in [3.8, 4) is 40.1 Å². The summed E-state index contributed by atoms with van der Waals surface area (Å²) in [5, 5.41) is 73.1. The molecule has 3 aromatic carbocycles. The molecule has 7 atom stereocenters. The summed E-state index contributed by atoms with van der Waals surface area (Å²) >= 11 is 0. The number of H-pyrrole nitrogens is 1. The number of fused-ring (bicyclic) bond motifs is 3. The maximum absolute atomic E-state index is 13.6. The van der Waals surface area contributed by atoms with Crippen LogP contribution in [0.1, 0.15) is 11.3 Å². The van der Waals surface area contributed by atoms with E-state index in [1.54, 1.807) is 42.5 Å². The molecule has 0 saturated carbocycles. The topological polar surface area (TPSA) is 271 Å². The van der Waals surface area contributed by atoms with Crippen molar-refractivity contribution in [3.05, 3.63) is 106 Å². The van der Waals surface area contributed by atoms with Crippen LogP contribution in [0, 0.1) is 5.92 Å². The predicted octanol–water partition coefficient (Wildman–Crippen LogP) is 1.70. The van der Waals surface area contributed by atoms with E-state index in [2.05, 4.69) is 15.6 Å². The monoisotopic (exact) mass is 784 g/mol. The number of nitrogens with one attached hydrogen (secondary N) is 3. The number of benzene rings is 3. The minimum absolute atomic E-state index is 0.0600. The number of aromatic hydroxyl groups is 2. The standard InChI is InChI=1S/C40H40N4O13/c41-31-9-6-22(44-31)11-13-53-24-7-4-21(5-8-24)28-15-27(46)32-29(55-28)16-30(34(33(32)47)54-18-20-2-1-3-23(45)14-20)56-38-39(51)12-10-25(26-17-42-19-43-26)40(52,37(39)50)35(57-38)36(48)49/h1-10,12,14-16,25-26,35,37-38,42-45,47,50-52H,11,13,17-19,41H2,(H,48,49). The van der Waals surface area contributed by atoms with Gasteiger partial charge in [-0.2, -0.15) is 0 Å². The number of phenols is 2. The summed E-state index contributed by atoms with van der Waals surface area (Å²) in [5.41, 5.74) is 1.71. The number of aliphatic hydroxyl groups is 3. The van der Waals surface area contributed by atoms with Crippen molar-refractivity contribution in [1.82, 2.24) is 15.6 Å². The predicted molar refractivity (Wildman–Crippen MR) is 202 cm³/mol. The summed E-state index contributed by atoms with van der Waals surface area (Å²) in [6, 6.07) is 18.3. The number of aromatic amines is 1. The molecule has 7 unspecified atom stereocenters. The minimum Gasteiger partial charge on any atom is -0.508 e. The van der Waals surface area contributed by atoms with Gasteiger partial charge < -0.3 is 70.0 Å². The smallest absolute Gasteiger partial charge is 0.336 e. The molecule has 298 valence electrons. The fraction of sp³-hybridized carbons (Fsp3) is 0.300. The van der Waals surface area contributed by atoms with Crippen molar-refractivity contribution < 1.29 is 58.8 Å². The maximum atomic E-state index is 13.6.